The molecule has 0 spiro atoms. The van der Waals surface area contributed by atoms with Crippen molar-refractivity contribution in [3.63, 3.8) is 0 Å². The number of rotatable bonds is 7. The lowest BCUT2D eigenvalue weighted by atomic mass is 10.1. The topological polar surface area (TPSA) is 69.6 Å². The van der Waals surface area contributed by atoms with E-state index in [9.17, 15) is 9.90 Å². The summed E-state index contributed by atoms with van der Waals surface area (Å²) in [6.07, 6.45) is -0.196. The van der Waals surface area contributed by atoms with Crippen molar-refractivity contribution in [1.82, 2.24) is 5.32 Å². The van der Waals surface area contributed by atoms with Gasteiger partial charge in [-0.3, -0.25) is 4.79 Å². The van der Waals surface area contributed by atoms with E-state index in [4.69, 9.17) is 5.11 Å². The number of hydrogen-bond donors (Lipinski definition) is 3. The lowest BCUT2D eigenvalue weighted by Gasteiger charge is -2.09. The van der Waals surface area contributed by atoms with Crippen LogP contribution in [0.4, 0.5) is 0 Å². The Hall–Kier alpha value is -0.910. The van der Waals surface area contributed by atoms with Gasteiger partial charge in [0.25, 0.3) is 0 Å². The summed E-state index contributed by atoms with van der Waals surface area (Å²) >= 11 is 3.40. The number of aliphatic hydroxyl groups excluding tert-OH is 1. The van der Waals surface area contributed by atoms with Crippen molar-refractivity contribution in [3.8, 4) is 0 Å². The zero-order chi connectivity index (χ0) is 12.7. The molecule has 1 aromatic carbocycles. The Labute approximate surface area is 109 Å². The van der Waals surface area contributed by atoms with Crippen LogP contribution in [0.1, 0.15) is 12.0 Å². The van der Waals surface area contributed by atoms with E-state index in [-0.39, 0.29) is 6.42 Å². The minimum Gasteiger partial charge on any atom is -0.481 e. The van der Waals surface area contributed by atoms with Gasteiger partial charge in [-0.15, -0.1) is 0 Å². The molecule has 4 nitrogen and oxygen atoms in total. The Kier molecular flexibility index (Phi) is 6.18. The van der Waals surface area contributed by atoms with Crippen LogP contribution in [-0.2, 0) is 11.2 Å². The van der Waals surface area contributed by atoms with Crippen LogP contribution in [0.5, 0.6) is 0 Å². The summed E-state index contributed by atoms with van der Waals surface area (Å²) in [7, 11) is 0. The minimum absolute atomic E-state index is 0.218. The second-order valence-electron chi connectivity index (χ2n) is 3.84. The minimum atomic E-state index is -0.980. The second-order valence-corrected chi connectivity index (χ2v) is 4.75. The smallest absolute Gasteiger partial charge is 0.306 e. The predicted octanol–water partition coefficient (Wildman–Crippen LogP) is 1.42. The van der Waals surface area contributed by atoms with Gasteiger partial charge in [0.1, 0.15) is 0 Å². The van der Waals surface area contributed by atoms with Crippen LogP contribution in [0.3, 0.4) is 0 Å². The Morgan fingerprint density at radius 3 is 2.88 bits per heavy atom. The summed E-state index contributed by atoms with van der Waals surface area (Å²) in [5.74, 6) is -0.980. The summed E-state index contributed by atoms with van der Waals surface area (Å²) in [5.41, 5.74) is 1.19. The molecule has 3 N–H and O–H groups in total. The quantitative estimate of drug-likeness (QED) is 0.666. The zero-order valence-electron chi connectivity index (χ0n) is 9.40. The molecule has 0 aliphatic rings. The van der Waals surface area contributed by atoms with E-state index in [0.717, 1.165) is 10.9 Å². The molecule has 5 heteroatoms. The zero-order valence-corrected chi connectivity index (χ0v) is 11.0. The standard InChI is InChI=1S/C12H16BrNO3/c13-10-3-1-2-9(6-10)4-5-14-8-11(15)7-12(16)17/h1-3,6,11,14-15H,4-5,7-8H2,(H,16,17). The van der Waals surface area contributed by atoms with Crippen molar-refractivity contribution in [2.45, 2.75) is 18.9 Å². The largest absolute Gasteiger partial charge is 0.481 e. The first-order valence-corrected chi connectivity index (χ1v) is 6.22. The molecule has 0 bridgehead atoms. The number of hydrogen-bond acceptors (Lipinski definition) is 3. The van der Waals surface area contributed by atoms with Crippen molar-refractivity contribution < 1.29 is 15.0 Å². The van der Waals surface area contributed by atoms with Gasteiger partial charge in [0, 0.05) is 11.0 Å². The second kappa shape index (κ2) is 7.42. The first-order chi connectivity index (χ1) is 8.08. The summed E-state index contributed by atoms with van der Waals surface area (Å²) in [4.78, 5) is 10.3. The molecule has 0 radical (unpaired) electrons. The molecular weight excluding hydrogens is 286 g/mol. The van der Waals surface area contributed by atoms with Crippen LogP contribution in [0.15, 0.2) is 28.7 Å². The first kappa shape index (κ1) is 14.2. The molecule has 94 valence electrons. The monoisotopic (exact) mass is 301 g/mol. The van der Waals surface area contributed by atoms with Gasteiger partial charge in [0.2, 0.25) is 0 Å². The van der Waals surface area contributed by atoms with Gasteiger partial charge < -0.3 is 15.5 Å². The van der Waals surface area contributed by atoms with Crippen LogP contribution in [0.2, 0.25) is 0 Å². The number of carboxylic acids is 1. The normalized spacial score (nSPS) is 12.4. The molecule has 0 aliphatic heterocycles. The predicted molar refractivity (Wildman–Crippen MR) is 69.0 cm³/mol. The van der Waals surface area contributed by atoms with Crippen molar-refractivity contribution in [2.24, 2.45) is 0 Å². The highest BCUT2D eigenvalue weighted by Gasteiger charge is 2.08. The molecule has 17 heavy (non-hydrogen) atoms. The molecule has 0 aliphatic carbocycles. The van der Waals surface area contributed by atoms with Crippen molar-refractivity contribution in [2.75, 3.05) is 13.1 Å². The van der Waals surface area contributed by atoms with Crippen LogP contribution in [0.25, 0.3) is 0 Å². The van der Waals surface area contributed by atoms with Crippen LogP contribution < -0.4 is 5.32 Å². The van der Waals surface area contributed by atoms with Gasteiger partial charge >= 0.3 is 5.97 Å². The Morgan fingerprint density at radius 1 is 1.47 bits per heavy atom. The summed E-state index contributed by atoms with van der Waals surface area (Å²) in [6.45, 7) is 1.02. The fourth-order valence-electron chi connectivity index (χ4n) is 1.47. The van der Waals surface area contributed by atoms with Gasteiger partial charge in [-0.1, -0.05) is 28.1 Å². The van der Waals surface area contributed by atoms with Crippen molar-refractivity contribution >= 4 is 21.9 Å². The van der Waals surface area contributed by atoms with E-state index in [0.29, 0.717) is 13.1 Å². The number of carboxylic acid groups (broad SMARTS) is 1. The lowest BCUT2D eigenvalue weighted by Crippen LogP contribution is -2.30. The van der Waals surface area contributed by atoms with Gasteiger partial charge in [-0.25, -0.2) is 0 Å². The number of carbonyl (C=O) groups is 1. The maximum Gasteiger partial charge on any atom is 0.306 e. The van der Waals surface area contributed by atoms with Crippen LogP contribution >= 0.6 is 15.9 Å². The first-order valence-electron chi connectivity index (χ1n) is 5.43. The highest BCUT2D eigenvalue weighted by Crippen LogP contribution is 2.11. The number of benzene rings is 1. The van der Waals surface area contributed by atoms with E-state index in [1.54, 1.807) is 0 Å². The average Bonchev–Trinajstić information content (AvgIpc) is 2.23. The summed E-state index contributed by atoms with van der Waals surface area (Å²) in [5, 5.41) is 20.8. The highest BCUT2D eigenvalue weighted by molar-refractivity contribution is 9.10. The number of nitrogens with one attached hydrogen (secondary N) is 1. The van der Waals surface area contributed by atoms with E-state index < -0.39 is 12.1 Å². The Bertz CT molecular complexity index is 371. The SMILES string of the molecule is O=C(O)CC(O)CNCCc1cccc(Br)c1. The highest BCUT2D eigenvalue weighted by atomic mass is 79.9. The van der Waals surface area contributed by atoms with Crippen LogP contribution in [0, 0.1) is 0 Å². The van der Waals surface area contributed by atoms with Gasteiger partial charge in [-0.2, -0.15) is 0 Å². The molecule has 1 aromatic rings. The molecule has 0 aromatic heterocycles. The maximum atomic E-state index is 10.3. The molecule has 0 heterocycles. The van der Waals surface area contributed by atoms with E-state index >= 15 is 0 Å². The Balaban J connectivity index is 2.18. The van der Waals surface area contributed by atoms with Gasteiger partial charge in [0.15, 0.2) is 0 Å². The lowest BCUT2D eigenvalue weighted by molar-refractivity contribution is -0.139. The number of halogens is 1. The fourth-order valence-corrected chi connectivity index (χ4v) is 1.91. The third-order valence-corrected chi connectivity index (χ3v) is 2.76. The molecule has 1 unspecified atom stereocenters. The molecule has 1 rings (SSSR count). The van der Waals surface area contributed by atoms with Crippen molar-refractivity contribution in [3.05, 3.63) is 34.3 Å². The number of aliphatic hydroxyl groups is 1. The average molecular weight is 302 g/mol. The van der Waals surface area contributed by atoms with E-state index in [2.05, 4.69) is 21.2 Å². The molecule has 0 amide bonds. The molecule has 0 fully saturated rings. The maximum absolute atomic E-state index is 10.3. The molecule has 0 saturated heterocycles. The molecule has 1 atom stereocenters. The Morgan fingerprint density at radius 2 is 2.24 bits per heavy atom. The fraction of sp³-hybridized carbons (Fsp3) is 0.417. The van der Waals surface area contributed by atoms with Gasteiger partial charge in [-0.05, 0) is 30.7 Å². The summed E-state index contributed by atoms with van der Waals surface area (Å²) in [6, 6.07) is 8.00. The van der Waals surface area contributed by atoms with Crippen molar-refractivity contribution in [1.29, 1.82) is 0 Å². The third kappa shape index (κ3) is 6.41. The molecular formula is C12H16BrNO3. The summed E-state index contributed by atoms with van der Waals surface area (Å²) < 4.78 is 1.04. The van der Waals surface area contributed by atoms with E-state index in [1.165, 1.54) is 5.56 Å². The van der Waals surface area contributed by atoms with Gasteiger partial charge in [0.05, 0.1) is 12.5 Å². The molecule has 0 saturated carbocycles. The number of aliphatic carboxylic acids is 1. The third-order valence-electron chi connectivity index (χ3n) is 2.27. The van der Waals surface area contributed by atoms with Crippen LogP contribution in [-0.4, -0.2) is 35.4 Å². The van der Waals surface area contributed by atoms with E-state index in [1.807, 2.05) is 24.3 Å².